The van der Waals surface area contributed by atoms with Gasteiger partial charge in [-0.3, -0.25) is 14.9 Å². The lowest BCUT2D eigenvalue weighted by Crippen LogP contribution is -2.39. The highest BCUT2D eigenvalue weighted by molar-refractivity contribution is 7.52. The quantitative estimate of drug-likeness (QED) is 0.0841. The number of rotatable bonds is 12. The third kappa shape index (κ3) is 6.81. The summed E-state index contributed by atoms with van der Waals surface area (Å²) < 4.78 is 30.2. The number of benzene rings is 2. The standard InChI is InChI=1S/C24H26N3O7P/c1-4-8-17(3)33-35(31,34-20-13-11-19(12-14-20)27(29)30)26-23(24(28)32-5-2)15-18-16-25-22-10-7-6-9-21(18)22/h4,6-14,16,23,25H,1,5,15H2,2-3H3,(H,26,31)/b17-8+/t23-,35?/m0/s1. The van der Waals surface area contributed by atoms with Gasteiger partial charge in [0.15, 0.2) is 0 Å². The van der Waals surface area contributed by atoms with Gasteiger partial charge in [0.2, 0.25) is 0 Å². The number of allylic oxidation sites excluding steroid dienone is 3. The van der Waals surface area contributed by atoms with Crippen LogP contribution < -0.4 is 9.61 Å². The predicted molar refractivity (Wildman–Crippen MR) is 132 cm³/mol. The van der Waals surface area contributed by atoms with Gasteiger partial charge in [-0.2, -0.15) is 5.09 Å². The molecule has 0 fully saturated rings. The van der Waals surface area contributed by atoms with E-state index in [-0.39, 0.29) is 30.2 Å². The van der Waals surface area contributed by atoms with Crippen molar-refractivity contribution in [3.05, 3.63) is 94.9 Å². The third-order valence-electron chi connectivity index (χ3n) is 4.87. The molecule has 1 heterocycles. The van der Waals surface area contributed by atoms with Crippen LogP contribution >= 0.6 is 7.75 Å². The molecule has 0 aliphatic rings. The molecule has 0 aliphatic carbocycles. The second-order valence-corrected chi connectivity index (χ2v) is 9.06. The van der Waals surface area contributed by atoms with Crippen molar-refractivity contribution in [2.45, 2.75) is 26.3 Å². The van der Waals surface area contributed by atoms with Crippen molar-refractivity contribution in [2.24, 2.45) is 0 Å². The van der Waals surface area contributed by atoms with Gasteiger partial charge in [-0.15, -0.1) is 0 Å². The van der Waals surface area contributed by atoms with Crippen LogP contribution in [0.25, 0.3) is 10.9 Å². The Kier molecular flexibility index (Phi) is 8.46. The van der Waals surface area contributed by atoms with E-state index in [2.05, 4.69) is 16.7 Å². The summed E-state index contributed by atoms with van der Waals surface area (Å²) in [5, 5.41) is 14.6. The maximum atomic E-state index is 13.8. The lowest BCUT2D eigenvalue weighted by atomic mass is 10.1. The Morgan fingerprint density at radius 2 is 1.97 bits per heavy atom. The van der Waals surface area contributed by atoms with Crippen molar-refractivity contribution in [3.63, 3.8) is 0 Å². The zero-order valence-corrected chi connectivity index (χ0v) is 20.2. The minimum atomic E-state index is -4.23. The highest BCUT2D eigenvalue weighted by Crippen LogP contribution is 2.47. The van der Waals surface area contributed by atoms with Crippen LogP contribution in [0.2, 0.25) is 0 Å². The largest absolute Gasteiger partial charge is 0.513 e. The number of aromatic amines is 1. The first kappa shape index (κ1) is 25.7. The summed E-state index contributed by atoms with van der Waals surface area (Å²) in [6, 6.07) is 11.5. The molecule has 0 radical (unpaired) electrons. The van der Waals surface area contributed by atoms with Gasteiger partial charge in [-0.25, -0.2) is 4.57 Å². The Morgan fingerprint density at radius 1 is 1.26 bits per heavy atom. The lowest BCUT2D eigenvalue weighted by molar-refractivity contribution is -0.384. The number of aromatic nitrogens is 1. The van der Waals surface area contributed by atoms with Crippen molar-refractivity contribution in [2.75, 3.05) is 6.61 Å². The third-order valence-corrected chi connectivity index (χ3v) is 6.48. The molecule has 3 aromatic rings. The number of carbonyl (C=O) groups excluding carboxylic acids is 1. The van der Waals surface area contributed by atoms with Crippen LogP contribution in [0.15, 0.2) is 79.2 Å². The molecule has 1 unspecified atom stereocenters. The van der Waals surface area contributed by atoms with E-state index < -0.39 is 24.7 Å². The minimum absolute atomic E-state index is 0.0486. The van der Waals surface area contributed by atoms with Crippen LogP contribution in [0.4, 0.5) is 5.69 Å². The van der Waals surface area contributed by atoms with E-state index in [4.69, 9.17) is 13.8 Å². The van der Waals surface area contributed by atoms with E-state index in [1.165, 1.54) is 36.4 Å². The molecular weight excluding hydrogens is 473 g/mol. The average Bonchev–Trinajstić information content (AvgIpc) is 3.22. The van der Waals surface area contributed by atoms with Gasteiger partial charge in [0.25, 0.3) is 5.69 Å². The first-order valence-corrected chi connectivity index (χ1v) is 12.3. The number of carbonyl (C=O) groups is 1. The number of nitro benzene ring substituents is 1. The number of ether oxygens (including phenoxy) is 1. The van der Waals surface area contributed by atoms with Crippen LogP contribution in [0.5, 0.6) is 5.75 Å². The number of para-hydroxylation sites is 1. The van der Waals surface area contributed by atoms with Gasteiger partial charge in [-0.05, 0) is 43.7 Å². The van der Waals surface area contributed by atoms with Crippen LogP contribution in [0.1, 0.15) is 19.4 Å². The molecule has 0 saturated heterocycles. The molecule has 2 aromatic carbocycles. The molecule has 184 valence electrons. The zero-order valence-electron chi connectivity index (χ0n) is 19.3. The number of hydrogen-bond donors (Lipinski definition) is 2. The van der Waals surface area contributed by atoms with Crippen molar-refractivity contribution in [1.29, 1.82) is 0 Å². The van der Waals surface area contributed by atoms with E-state index in [9.17, 15) is 19.5 Å². The summed E-state index contributed by atoms with van der Waals surface area (Å²) in [6.07, 6.45) is 4.82. The molecule has 2 N–H and O–H groups in total. The number of nitro groups is 1. The highest BCUT2D eigenvalue weighted by Gasteiger charge is 2.36. The summed E-state index contributed by atoms with van der Waals surface area (Å²) in [5.41, 5.74) is 1.52. The van der Waals surface area contributed by atoms with Gasteiger partial charge in [0.05, 0.1) is 11.5 Å². The molecule has 0 aliphatic heterocycles. The Bertz CT molecular complexity index is 1280. The maximum Gasteiger partial charge on any atom is 0.513 e. The maximum absolute atomic E-state index is 13.8. The SMILES string of the molecule is C=C/C=C(\C)OP(=O)(N[C@@H](Cc1c[nH]c2ccccc12)C(=O)OCC)Oc1ccc([N+](=O)[O-])cc1. The zero-order chi connectivity index (χ0) is 25.4. The fraction of sp³-hybridized carbons (Fsp3) is 0.208. The van der Waals surface area contributed by atoms with Gasteiger partial charge >= 0.3 is 13.7 Å². The Labute approximate surface area is 202 Å². The number of hydrogen-bond acceptors (Lipinski definition) is 7. The fourth-order valence-corrected chi connectivity index (χ4v) is 4.92. The molecule has 0 bridgehead atoms. The van der Waals surface area contributed by atoms with Gasteiger partial charge in [-0.1, -0.05) is 30.9 Å². The topological polar surface area (TPSA) is 133 Å². The van der Waals surface area contributed by atoms with Gasteiger partial charge in [0, 0.05) is 35.7 Å². The molecule has 35 heavy (non-hydrogen) atoms. The molecule has 0 amide bonds. The monoisotopic (exact) mass is 499 g/mol. The van der Waals surface area contributed by atoms with Crippen molar-refractivity contribution < 1.29 is 28.1 Å². The second kappa shape index (κ2) is 11.5. The molecule has 0 saturated carbocycles. The van der Waals surface area contributed by atoms with Crippen LogP contribution in [-0.2, 0) is 25.0 Å². The Hall–Kier alpha value is -3.88. The Morgan fingerprint density at radius 3 is 2.63 bits per heavy atom. The molecule has 11 heteroatoms. The van der Waals surface area contributed by atoms with E-state index >= 15 is 0 Å². The lowest BCUT2D eigenvalue weighted by Gasteiger charge is -2.25. The fourth-order valence-electron chi connectivity index (χ4n) is 3.36. The minimum Gasteiger partial charge on any atom is -0.465 e. The smallest absolute Gasteiger partial charge is 0.465 e. The number of nitrogens with one attached hydrogen (secondary N) is 2. The van der Waals surface area contributed by atoms with Crippen molar-refractivity contribution in [3.8, 4) is 5.75 Å². The molecular formula is C24H26N3O7P. The van der Waals surface area contributed by atoms with Crippen molar-refractivity contribution >= 4 is 30.3 Å². The molecule has 2 atom stereocenters. The molecule has 10 nitrogen and oxygen atoms in total. The summed E-state index contributed by atoms with van der Waals surface area (Å²) in [5.74, 6) is -0.376. The number of nitrogens with zero attached hydrogens (tertiary/aromatic N) is 1. The number of non-ortho nitro benzene ring substituents is 1. The van der Waals surface area contributed by atoms with Gasteiger partial charge < -0.3 is 18.8 Å². The predicted octanol–water partition coefficient (Wildman–Crippen LogP) is 5.43. The number of H-pyrrole nitrogens is 1. The van der Waals surface area contributed by atoms with E-state index in [0.29, 0.717) is 0 Å². The summed E-state index contributed by atoms with van der Waals surface area (Å²) in [4.78, 5) is 26.4. The summed E-state index contributed by atoms with van der Waals surface area (Å²) >= 11 is 0. The van der Waals surface area contributed by atoms with Crippen molar-refractivity contribution in [1.82, 2.24) is 10.1 Å². The average molecular weight is 499 g/mol. The van der Waals surface area contributed by atoms with Crippen LogP contribution in [0.3, 0.4) is 0 Å². The first-order valence-electron chi connectivity index (χ1n) is 10.8. The van der Waals surface area contributed by atoms with E-state index in [0.717, 1.165) is 16.5 Å². The first-order chi connectivity index (χ1) is 16.7. The van der Waals surface area contributed by atoms with E-state index in [1.54, 1.807) is 20.0 Å². The highest BCUT2D eigenvalue weighted by atomic mass is 31.2. The van der Waals surface area contributed by atoms with Crippen LogP contribution in [0, 0.1) is 10.1 Å². The molecule has 0 spiro atoms. The number of esters is 1. The van der Waals surface area contributed by atoms with Crippen LogP contribution in [-0.4, -0.2) is 28.5 Å². The molecule has 1 aromatic heterocycles. The summed E-state index contributed by atoms with van der Waals surface area (Å²) in [6.45, 7) is 6.92. The second-order valence-electron chi connectivity index (χ2n) is 7.44. The normalized spacial score (nSPS) is 14.1. The Balaban J connectivity index is 1.93. The van der Waals surface area contributed by atoms with E-state index in [1.807, 2.05) is 24.3 Å². The summed E-state index contributed by atoms with van der Waals surface area (Å²) in [7, 11) is -4.23. The number of fused-ring (bicyclic) bond motifs is 1. The molecule has 3 rings (SSSR count). The van der Waals surface area contributed by atoms with Gasteiger partial charge in [0.1, 0.15) is 17.6 Å².